The number of rotatable bonds is 4. The number of pyridine rings is 1. The fourth-order valence-corrected chi connectivity index (χ4v) is 2.29. The van der Waals surface area contributed by atoms with E-state index in [1.807, 2.05) is 6.07 Å². The molecule has 0 radical (unpaired) electrons. The zero-order valence-corrected chi connectivity index (χ0v) is 12.8. The van der Waals surface area contributed by atoms with Gasteiger partial charge < -0.3 is 15.5 Å². The van der Waals surface area contributed by atoms with Gasteiger partial charge in [0.1, 0.15) is 11.2 Å². The molecule has 0 atom stereocenters. The zero-order chi connectivity index (χ0) is 15.5. The maximum absolute atomic E-state index is 12.5. The molecule has 2 N–H and O–H groups in total. The smallest absolute Gasteiger partial charge is 0.273 e. The lowest BCUT2D eigenvalue weighted by Gasteiger charge is -2.40. The van der Waals surface area contributed by atoms with Crippen LogP contribution in [0.2, 0.25) is 0 Å². The van der Waals surface area contributed by atoms with Crippen molar-refractivity contribution in [3.05, 3.63) is 24.0 Å². The average Bonchev–Trinajstić information content (AvgIpc) is 2.48. The minimum Gasteiger partial charge on any atom is -0.384 e. The Kier molecular flexibility index (Phi) is 4.45. The van der Waals surface area contributed by atoms with Crippen molar-refractivity contribution in [3.63, 3.8) is 0 Å². The van der Waals surface area contributed by atoms with E-state index in [0.717, 1.165) is 18.7 Å². The van der Waals surface area contributed by atoms with E-state index < -0.39 is 5.54 Å². The van der Waals surface area contributed by atoms with Crippen LogP contribution in [-0.2, 0) is 4.79 Å². The van der Waals surface area contributed by atoms with E-state index in [4.69, 9.17) is 0 Å². The molecule has 1 fully saturated rings. The number of piperazine rings is 1. The Hall–Kier alpha value is -2.11. The van der Waals surface area contributed by atoms with E-state index >= 15 is 0 Å². The Morgan fingerprint density at radius 2 is 2.24 bits per heavy atom. The minimum atomic E-state index is -0.851. The van der Waals surface area contributed by atoms with Crippen LogP contribution in [0.5, 0.6) is 0 Å². The summed E-state index contributed by atoms with van der Waals surface area (Å²) in [5.41, 5.74) is 0.403. The van der Waals surface area contributed by atoms with E-state index in [2.05, 4.69) is 22.5 Å². The van der Waals surface area contributed by atoms with E-state index in [0.29, 0.717) is 18.8 Å². The fourth-order valence-electron chi connectivity index (χ4n) is 2.29. The van der Waals surface area contributed by atoms with Gasteiger partial charge in [-0.25, -0.2) is 4.98 Å². The highest BCUT2D eigenvalue weighted by molar-refractivity contribution is 5.98. The molecule has 6 heteroatoms. The lowest BCUT2D eigenvalue weighted by Crippen LogP contribution is -2.63. The molecule has 0 saturated carbocycles. The van der Waals surface area contributed by atoms with E-state index in [1.54, 1.807) is 31.0 Å². The van der Waals surface area contributed by atoms with Gasteiger partial charge in [0.15, 0.2) is 0 Å². The Balaban J connectivity index is 2.14. The van der Waals surface area contributed by atoms with Crippen LogP contribution in [0.15, 0.2) is 18.3 Å². The second-order valence-corrected chi connectivity index (χ2v) is 5.63. The number of aromatic nitrogens is 1. The lowest BCUT2D eigenvalue weighted by atomic mass is 9.98. The molecule has 1 aromatic heterocycles. The van der Waals surface area contributed by atoms with Gasteiger partial charge in [0.25, 0.3) is 5.91 Å². The van der Waals surface area contributed by atoms with Crippen molar-refractivity contribution in [2.45, 2.75) is 32.7 Å². The minimum absolute atomic E-state index is 0.136. The molecule has 1 aromatic rings. The fraction of sp³-hybridized carbons (Fsp3) is 0.533. The van der Waals surface area contributed by atoms with Gasteiger partial charge >= 0.3 is 0 Å². The van der Waals surface area contributed by atoms with Crippen molar-refractivity contribution in [3.8, 4) is 0 Å². The van der Waals surface area contributed by atoms with Crippen molar-refractivity contribution in [2.75, 3.05) is 25.0 Å². The molecule has 0 aliphatic carbocycles. The van der Waals surface area contributed by atoms with Gasteiger partial charge in [-0.2, -0.15) is 0 Å². The molecule has 1 aliphatic heterocycles. The molecule has 21 heavy (non-hydrogen) atoms. The third kappa shape index (κ3) is 3.15. The summed E-state index contributed by atoms with van der Waals surface area (Å²) in [6.07, 6.45) is 2.68. The number of carbonyl (C=O) groups excluding carboxylic acids is 2. The summed E-state index contributed by atoms with van der Waals surface area (Å²) >= 11 is 0. The van der Waals surface area contributed by atoms with Crippen molar-refractivity contribution >= 4 is 17.5 Å². The lowest BCUT2D eigenvalue weighted by molar-refractivity contribution is -0.133. The molecule has 0 aromatic carbocycles. The normalized spacial score (nSPS) is 17.3. The SMILES string of the molecule is CCCNc1ccc(C(=O)N2CCNC(=O)C2(C)C)nc1. The van der Waals surface area contributed by atoms with Crippen LogP contribution in [0.3, 0.4) is 0 Å². The first-order valence-corrected chi connectivity index (χ1v) is 7.27. The summed E-state index contributed by atoms with van der Waals surface area (Å²) in [4.78, 5) is 30.2. The summed E-state index contributed by atoms with van der Waals surface area (Å²) in [5, 5.41) is 5.99. The topological polar surface area (TPSA) is 74.3 Å². The number of anilines is 1. The van der Waals surface area contributed by atoms with Gasteiger partial charge in [0.05, 0.1) is 11.9 Å². The Labute approximate surface area is 124 Å². The molecule has 6 nitrogen and oxygen atoms in total. The summed E-state index contributed by atoms with van der Waals surface area (Å²) < 4.78 is 0. The van der Waals surface area contributed by atoms with Crippen LogP contribution in [0, 0.1) is 0 Å². The van der Waals surface area contributed by atoms with Crippen LogP contribution < -0.4 is 10.6 Å². The largest absolute Gasteiger partial charge is 0.384 e. The Bertz CT molecular complexity index is 525. The summed E-state index contributed by atoms with van der Waals surface area (Å²) in [7, 11) is 0. The summed E-state index contributed by atoms with van der Waals surface area (Å²) in [5.74, 6) is -0.347. The molecule has 2 rings (SSSR count). The molecule has 114 valence electrons. The number of hydrogen-bond donors (Lipinski definition) is 2. The first kappa shape index (κ1) is 15.3. The van der Waals surface area contributed by atoms with E-state index in [9.17, 15) is 9.59 Å². The first-order valence-electron chi connectivity index (χ1n) is 7.27. The van der Waals surface area contributed by atoms with Gasteiger partial charge in [-0.1, -0.05) is 6.92 Å². The van der Waals surface area contributed by atoms with Gasteiger partial charge in [-0.15, -0.1) is 0 Å². The molecule has 2 heterocycles. The molecule has 0 unspecified atom stereocenters. The number of nitrogens with zero attached hydrogens (tertiary/aromatic N) is 2. The van der Waals surface area contributed by atoms with Crippen LogP contribution in [0.1, 0.15) is 37.7 Å². The summed E-state index contributed by atoms with van der Waals surface area (Å²) in [6, 6.07) is 3.54. The third-order valence-electron chi connectivity index (χ3n) is 3.66. The van der Waals surface area contributed by atoms with Crippen LogP contribution in [0.4, 0.5) is 5.69 Å². The van der Waals surface area contributed by atoms with Crippen molar-refractivity contribution in [2.24, 2.45) is 0 Å². The monoisotopic (exact) mass is 290 g/mol. The molecule has 0 bridgehead atoms. The summed E-state index contributed by atoms with van der Waals surface area (Å²) in [6.45, 7) is 7.42. The molecular weight excluding hydrogens is 268 g/mol. The van der Waals surface area contributed by atoms with Crippen LogP contribution >= 0.6 is 0 Å². The Morgan fingerprint density at radius 3 is 2.86 bits per heavy atom. The third-order valence-corrected chi connectivity index (χ3v) is 3.66. The highest BCUT2D eigenvalue weighted by Gasteiger charge is 2.40. The molecule has 1 saturated heterocycles. The highest BCUT2D eigenvalue weighted by Crippen LogP contribution is 2.20. The number of carbonyl (C=O) groups is 2. The predicted molar refractivity (Wildman–Crippen MR) is 81.1 cm³/mol. The van der Waals surface area contributed by atoms with Crippen LogP contribution in [0.25, 0.3) is 0 Å². The second kappa shape index (κ2) is 6.11. The molecule has 1 aliphatic rings. The van der Waals surface area contributed by atoms with Crippen molar-refractivity contribution in [1.29, 1.82) is 0 Å². The average molecular weight is 290 g/mol. The van der Waals surface area contributed by atoms with Crippen molar-refractivity contribution in [1.82, 2.24) is 15.2 Å². The quantitative estimate of drug-likeness (QED) is 0.875. The standard InChI is InChI=1S/C15H22N4O2/c1-4-7-16-11-5-6-12(18-10-11)13(20)19-9-8-17-14(21)15(19,2)3/h5-6,10,16H,4,7-9H2,1-3H3,(H,17,21). The van der Waals surface area contributed by atoms with Gasteiger partial charge in [-0.3, -0.25) is 9.59 Å². The van der Waals surface area contributed by atoms with Gasteiger partial charge in [-0.05, 0) is 32.4 Å². The van der Waals surface area contributed by atoms with Crippen LogP contribution in [-0.4, -0.2) is 46.9 Å². The van der Waals surface area contributed by atoms with Gasteiger partial charge in [0.2, 0.25) is 5.91 Å². The first-order chi connectivity index (χ1) is 9.96. The predicted octanol–water partition coefficient (Wildman–Crippen LogP) is 1.25. The Morgan fingerprint density at radius 1 is 1.48 bits per heavy atom. The highest BCUT2D eigenvalue weighted by atomic mass is 16.2. The molecular formula is C15H22N4O2. The van der Waals surface area contributed by atoms with E-state index in [1.165, 1.54) is 0 Å². The maximum Gasteiger partial charge on any atom is 0.273 e. The maximum atomic E-state index is 12.5. The van der Waals surface area contributed by atoms with Crippen molar-refractivity contribution < 1.29 is 9.59 Å². The van der Waals surface area contributed by atoms with Gasteiger partial charge in [0, 0.05) is 19.6 Å². The number of nitrogens with one attached hydrogen (secondary N) is 2. The van der Waals surface area contributed by atoms with E-state index in [-0.39, 0.29) is 11.8 Å². The number of amides is 2. The molecule has 0 spiro atoms. The molecule has 2 amide bonds. The number of hydrogen-bond acceptors (Lipinski definition) is 4. The zero-order valence-electron chi connectivity index (χ0n) is 12.8. The second-order valence-electron chi connectivity index (χ2n) is 5.63.